The molecule has 0 saturated heterocycles. The highest BCUT2D eigenvalue weighted by Gasteiger charge is 2.49. The number of anilines is 1. The van der Waals surface area contributed by atoms with Crippen molar-refractivity contribution in [3.8, 4) is 5.75 Å². The molecule has 1 fully saturated rings. The molecule has 3 rings (SSSR count). The lowest BCUT2D eigenvalue weighted by Gasteiger charge is -2.17. The predicted molar refractivity (Wildman–Crippen MR) is 94.8 cm³/mol. The van der Waals surface area contributed by atoms with Crippen LogP contribution < -0.4 is 10.1 Å². The molecule has 5 nitrogen and oxygen atoms in total. The molecule has 130 valence electrons. The van der Waals surface area contributed by atoms with Crippen molar-refractivity contribution in [3.05, 3.63) is 59.7 Å². The summed E-state index contributed by atoms with van der Waals surface area (Å²) in [4.78, 5) is 23.3. The van der Waals surface area contributed by atoms with E-state index in [0.29, 0.717) is 5.75 Å². The highest BCUT2D eigenvalue weighted by Crippen LogP contribution is 2.49. The van der Waals surface area contributed by atoms with Crippen molar-refractivity contribution in [1.82, 2.24) is 0 Å². The Morgan fingerprint density at radius 2 is 1.88 bits per heavy atom. The van der Waals surface area contributed by atoms with Crippen molar-refractivity contribution >= 4 is 17.6 Å². The second-order valence-corrected chi connectivity index (χ2v) is 6.56. The van der Waals surface area contributed by atoms with Crippen LogP contribution in [-0.4, -0.2) is 23.6 Å². The fourth-order valence-electron chi connectivity index (χ4n) is 2.89. The van der Waals surface area contributed by atoms with E-state index in [2.05, 4.69) is 5.32 Å². The molecule has 2 aromatic rings. The minimum absolute atomic E-state index is 0.0404. The summed E-state index contributed by atoms with van der Waals surface area (Å²) in [6.07, 6.45) is 2.54. The third kappa shape index (κ3) is 4.18. The molecule has 0 aliphatic heterocycles. The van der Waals surface area contributed by atoms with Crippen molar-refractivity contribution in [2.24, 2.45) is 5.41 Å². The maximum absolute atomic E-state index is 12.7. The molecule has 0 heterocycles. The summed E-state index contributed by atoms with van der Waals surface area (Å²) in [7, 11) is 0. The van der Waals surface area contributed by atoms with Gasteiger partial charge in [-0.2, -0.15) is 0 Å². The van der Waals surface area contributed by atoms with Gasteiger partial charge in [-0.25, -0.2) is 4.79 Å². The number of aryl methyl sites for hydroxylation is 1. The fraction of sp³-hybridized carbons (Fsp3) is 0.300. The van der Waals surface area contributed by atoms with E-state index in [4.69, 9.17) is 9.84 Å². The largest absolute Gasteiger partial charge is 0.482 e. The van der Waals surface area contributed by atoms with Crippen molar-refractivity contribution in [2.45, 2.75) is 26.2 Å². The summed E-state index contributed by atoms with van der Waals surface area (Å²) in [5, 5.41) is 11.7. The van der Waals surface area contributed by atoms with Crippen LogP contribution in [0.25, 0.3) is 0 Å². The Morgan fingerprint density at radius 1 is 1.16 bits per heavy atom. The second-order valence-electron chi connectivity index (χ2n) is 6.56. The van der Waals surface area contributed by atoms with Crippen LogP contribution >= 0.6 is 0 Å². The second kappa shape index (κ2) is 6.97. The minimum Gasteiger partial charge on any atom is -0.482 e. The number of hydrogen-bond acceptors (Lipinski definition) is 3. The van der Waals surface area contributed by atoms with Gasteiger partial charge in [-0.05, 0) is 55.5 Å². The molecule has 1 amide bonds. The third-order valence-corrected chi connectivity index (χ3v) is 4.53. The van der Waals surface area contributed by atoms with E-state index in [-0.39, 0.29) is 17.9 Å². The van der Waals surface area contributed by atoms with Gasteiger partial charge in [0, 0.05) is 5.69 Å². The quantitative estimate of drug-likeness (QED) is 0.810. The monoisotopic (exact) mass is 339 g/mol. The molecule has 0 unspecified atom stereocenters. The normalized spacial score (nSPS) is 14.6. The van der Waals surface area contributed by atoms with E-state index >= 15 is 0 Å². The molecule has 2 N–H and O–H groups in total. The summed E-state index contributed by atoms with van der Waals surface area (Å²) in [5.74, 6) is -0.506. The molecule has 5 heteroatoms. The maximum atomic E-state index is 12.7. The smallest absolute Gasteiger partial charge is 0.341 e. The van der Waals surface area contributed by atoms with E-state index in [1.165, 1.54) is 5.56 Å². The van der Waals surface area contributed by atoms with Crippen LogP contribution in [0.5, 0.6) is 5.75 Å². The number of carbonyl (C=O) groups is 2. The first kappa shape index (κ1) is 17.0. The number of amides is 1. The van der Waals surface area contributed by atoms with Crippen LogP contribution in [0.4, 0.5) is 5.69 Å². The minimum atomic E-state index is -1.02. The van der Waals surface area contributed by atoms with Crippen LogP contribution in [-0.2, 0) is 16.0 Å². The number of carboxylic acid groups (broad SMARTS) is 1. The number of ether oxygens (including phenoxy) is 1. The van der Waals surface area contributed by atoms with E-state index in [1.807, 2.05) is 37.3 Å². The first-order valence-electron chi connectivity index (χ1n) is 8.29. The number of rotatable bonds is 7. The van der Waals surface area contributed by atoms with Crippen LogP contribution in [0.15, 0.2) is 48.5 Å². The van der Waals surface area contributed by atoms with Gasteiger partial charge in [0.15, 0.2) is 6.61 Å². The van der Waals surface area contributed by atoms with Gasteiger partial charge in [-0.3, -0.25) is 4.79 Å². The Morgan fingerprint density at radius 3 is 2.48 bits per heavy atom. The number of hydrogen-bond donors (Lipinski definition) is 2. The average molecular weight is 339 g/mol. The zero-order valence-electron chi connectivity index (χ0n) is 14.1. The standard InChI is InChI=1S/C20H21NO4/c1-14-11-16(25-13-18(22)23)7-8-17(14)21-19(24)20(9-10-20)12-15-5-3-2-4-6-15/h2-8,11H,9-10,12-13H2,1H3,(H,21,24)(H,22,23). The Labute approximate surface area is 146 Å². The van der Waals surface area contributed by atoms with E-state index in [0.717, 1.165) is 30.5 Å². The van der Waals surface area contributed by atoms with Crippen LogP contribution in [0.1, 0.15) is 24.0 Å². The fourth-order valence-corrected chi connectivity index (χ4v) is 2.89. The number of carboxylic acids is 1. The average Bonchev–Trinajstić information content (AvgIpc) is 3.37. The number of aliphatic carboxylic acids is 1. The molecule has 0 bridgehead atoms. The SMILES string of the molecule is Cc1cc(OCC(=O)O)ccc1NC(=O)C1(Cc2ccccc2)CC1. The first-order valence-corrected chi connectivity index (χ1v) is 8.29. The summed E-state index contributed by atoms with van der Waals surface area (Å²) in [6, 6.07) is 15.2. The summed E-state index contributed by atoms with van der Waals surface area (Å²) >= 11 is 0. The summed E-state index contributed by atoms with van der Waals surface area (Å²) in [5.41, 5.74) is 2.43. The Bertz CT molecular complexity index is 782. The van der Waals surface area contributed by atoms with Gasteiger partial charge in [-0.15, -0.1) is 0 Å². The van der Waals surface area contributed by atoms with Gasteiger partial charge in [0.25, 0.3) is 0 Å². The molecule has 1 saturated carbocycles. The number of benzene rings is 2. The summed E-state index contributed by atoms with van der Waals surface area (Å²) < 4.78 is 5.15. The lowest BCUT2D eigenvalue weighted by molar-refractivity contribution is -0.139. The third-order valence-electron chi connectivity index (χ3n) is 4.53. The zero-order chi connectivity index (χ0) is 17.9. The van der Waals surface area contributed by atoms with Gasteiger partial charge >= 0.3 is 5.97 Å². The predicted octanol–water partition coefficient (Wildman–Crippen LogP) is 3.42. The lowest BCUT2D eigenvalue weighted by Crippen LogP contribution is -2.26. The van der Waals surface area contributed by atoms with Crippen LogP contribution in [0.2, 0.25) is 0 Å². The highest BCUT2D eigenvalue weighted by molar-refractivity contribution is 5.98. The topological polar surface area (TPSA) is 75.6 Å². The molecule has 1 aliphatic rings. The molecular weight excluding hydrogens is 318 g/mol. The first-order chi connectivity index (χ1) is 12.0. The molecule has 1 aliphatic carbocycles. The van der Waals surface area contributed by atoms with E-state index in [9.17, 15) is 9.59 Å². The molecule has 0 spiro atoms. The van der Waals surface area contributed by atoms with Gasteiger partial charge in [0.05, 0.1) is 5.41 Å². The maximum Gasteiger partial charge on any atom is 0.341 e. The Hall–Kier alpha value is -2.82. The zero-order valence-corrected chi connectivity index (χ0v) is 14.1. The molecule has 25 heavy (non-hydrogen) atoms. The van der Waals surface area contributed by atoms with Crippen molar-refractivity contribution in [1.29, 1.82) is 0 Å². The van der Waals surface area contributed by atoms with E-state index < -0.39 is 5.97 Å². The molecular formula is C20H21NO4. The van der Waals surface area contributed by atoms with Gasteiger partial charge in [0.2, 0.25) is 5.91 Å². The van der Waals surface area contributed by atoms with Crippen molar-refractivity contribution in [2.75, 3.05) is 11.9 Å². The molecule has 2 aromatic carbocycles. The van der Waals surface area contributed by atoms with Crippen LogP contribution in [0, 0.1) is 12.3 Å². The summed E-state index contributed by atoms with van der Waals surface area (Å²) in [6.45, 7) is 1.48. The van der Waals surface area contributed by atoms with Crippen LogP contribution in [0.3, 0.4) is 0 Å². The van der Waals surface area contributed by atoms with Gasteiger partial charge in [-0.1, -0.05) is 30.3 Å². The number of carbonyl (C=O) groups excluding carboxylic acids is 1. The van der Waals surface area contributed by atoms with E-state index in [1.54, 1.807) is 18.2 Å². The molecule has 0 aromatic heterocycles. The lowest BCUT2D eigenvalue weighted by atomic mass is 9.95. The Kier molecular flexibility index (Phi) is 4.74. The number of nitrogens with one attached hydrogen (secondary N) is 1. The van der Waals surface area contributed by atoms with Gasteiger partial charge < -0.3 is 15.2 Å². The highest BCUT2D eigenvalue weighted by atomic mass is 16.5. The van der Waals surface area contributed by atoms with Crippen molar-refractivity contribution < 1.29 is 19.4 Å². The molecule has 0 radical (unpaired) electrons. The Balaban J connectivity index is 1.65. The van der Waals surface area contributed by atoms with Gasteiger partial charge in [0.1, 0.15) is 5.75 Å². The molecule has 0 atom stereocenters. The van der Waals surface area contributed by atoms with Crippen molar-refractivity contribution in [3.63, 3.8) is 0 Å².